The van der Waals surface area contributed by atoms with Crippen LogP contribution in [0.15, 0.2) is 0 Å². The van der Waals surface area contributed by atoms with Gasteiger partial charge in [-0.3, -0.25) is 0 Å². The van der Waals surface area contributed by atoms with E-state index in [2.05, 4.69) is 19.2 Å². The molecular weight excluding hydrogens is 382 g/mol. The van der Waals surface area contributed by atoms with Crippen LogP contribution in [0, 0.1) is 0 Å². The summed E-state index contributed by atoms with van der Waals surface area (Å²) in [6, 6.07) is 2.08. The molecule has 0 rings (SSSR count). The lowest BCUT2D eigenvalue weighted by atomic mass is 10.3. The summed E-state index contributed by atoms with van der Waals surface area (Å²) in [6.07, 6.45) is 4.72. The van der Waals surface area contributed by atoms with Gasteiger partial charge in [0.25, 0.3) is 0 Å². The largest absolute Gasteiger partial charge is 0.400 e. The fourth-order valence-electron chi connectivity index (χ4n) is 2.67. The van der Waals surface area contributed by atoms with Crippen molar-refractivity contribution in [2.75, 3.05) is 54.7 Å². The molecule has 2 atom stereocenters. The zero-order valence-corrected chi connectivity index (χ0v) is 20.6. The Hall–Kier alpha value is 0.154. The van der Waals surface area contributed by atoms with Crippen LogP contribution in [0.3, 0.4) is 0 Å². The summed E-state index contributed by atoms with van der Waals surface area (Å²) in [5.74, 6) is 0. The number of rotatable bonds is 20. The SMILES string of the molecule is CO[SiH](CCCCOC(C)CNCC(C)OCCCC[SiH](OC)OC)OC. The Kier molecular flexibility index (Phi) is 19.6. The summed E-state index contributed by atoms with van der Waals surface area (Å²) in [4.78, 5) is 0. The van der Waals surface area contributed by atoms with E-state index in [-0.39, 0.29) is 12.2 Å². The summed E-state index contributed by atoms with van der Waals surface area (Å²) in [5.41, 5.74) is 0. The Morgan fingerprint density at radius 3 is 1.33 bits per heavy atom. The number of hydrogen-bond donors (Lipinski definition) is 1. The molecule has 0 aromatic carbocycles. The molecule has 1 N–H and O–H groups in total. The molecule has 0 fully saturated rings. The Balaban J connectivity index is 3.48. The lowest BCUT2D eigenvalue weighted by Gasteiger charge is -2.18. The predicted octanol–water partition coefficient (Wildman–Crippen LogP) is 1.97. The first-order valence-corrected chi connectivity index (χ1v) is 13.6. The van der Waals surface area contributed by atoms with Gasteiger partial charge in [0.15, 0.2) is 0 Å². The number of hydrogen-bond acceptors (Lipinski definition) is 7. The van der Waals surface area contributed by atoms with Gasteiger partial charge in [-0.2, -0.15) is 0 Å². The van der Waals surface area contributed by atoms with Gasteiger partial charge in [0, 0.05) is 54.7 Å². The summed E-state index contributed by atoms with van der Waals surface area (Å²) >= 11 is 0. The van der Waals surface area contributed by atoms with Crippen molar-refractivity contribution in [2.24, 2.45) is 0 Å². The third kappa shape index (κ3) is 16.8. The first kappa shape index (κ1) is 27.2. The Bertz CT molecular complexity index is 282. The molecule has 27 heavy (non-hydrogen) atoms. The predicted molar refractivity (Wildman–Crippen MR) is 114 cm³/mol. The lowest BCUT2D eigenvalue weighted by Crippen LogP contribution is -2.33. The zero-order chi connectivity index (χ0) is 20.3. The quantitative estimate of drug-likeness (QED) is 0.236. The number of ether oxygens (including phenoxy) is 2. The van der Waals surface area contributed by atoms with Crippen molar-refractivity contribution in [1.29, 1.82) is 0 Å². The molecule has 0 aromatic heterocycles. The van der Waals surface area contributed by atoms with Gasteiger partial charge in [-0.05, 0) is 51.6 Å². The van der Waals surface area contributed by atoms with Crippen molar-refractivity contribution in [3.05, 3.63) is 0 Å². The highest BCUT2D eigenvalue weighted by Gasteiger charge is 2.10. The first-order chi connectivity index (χ1) is 13.1. The molecule has 0 heterocycles. The van der Waals surface area contributed by atoms with Gasteiger partial charge < -0.3 is 32.5 Å². The summed E-state index contributed by atoms with van der Waals surface area (Å²) in [7, 11) is 4.11. The molecule has 0 aliphatic carbocycles. The van der Waals surface area contributed by atoms with E-state index < -0.39 is 18.6 Å². The molecule has 9 heteroatoms. The maximum Gasteiger partial charge on any atom is 0.320 e. The first-order valence-electron chi connectivity index (χ1n) is 10.1. The second kappa shape index (κ2) is 19.5. The molecule has 2 unspecified atom stereocenters. The van der Waals surface area contributed by atoms with Gasteiger partial charge in [0.05, 0.1) is 12.2 Å². The molecule has 0 spiro atoms. The van der Waals surface area contributed by atoms with Crippen LogP contribution in [0.5, 0.6) is 0 Å². The monoisotopic (exact) mass is 425 g/mol. The van der Waals surface area contributed by atoms with Gasteiger partial charge in [-0.15, -0.1) is 0 Å². The van der Waals surface area contributed by atoms with E-state index >= 15 is 0 Å². The van der Waals surface area contributed by atoms with Gasteiger partial charge in [0.2, 0.25) is 0 Å². The van der Waals surface area contributed by atoms with Crippen LogP contribution in [-0.4, -0.2) is 85.5 Å². The minimum atomic E-state index is -1.41. The Morgan fingerprint density at radius 1 is 0.630 bits per heavy atom. The van der Waals surface area contributed by atoms with Crippen LogP contribution >= 0.6 is 0 Å². The van der Waals surface area contributed by atoms with Gasteiger partial charge >= 0.3 is 18.6 Å². The van der Waals surface area contributed by atoms with Gasteiger partial charge in [0.1, 0.15) is 0 Å². The van der Waals surface area contributed by atoms with Crippen LogP contribution in [-0.2, 0) is 27.2 Å². The van der Waals surface area contributed by atoms with Crippen molar-refractivity contribution < 1.29 is 27.2 Å². The van der Waals surface area contributed by atoms with E-state index in [9.17, 15) is 0 Å². The highest BCUT2D eigenvalue weighted by molar-refractivity contribution is 6.44. The van der Waals surface area contributed by atoms with E-state index in [1.165, 1.54) is 0 Å². The molecule has 0 amide bonds. The standard InChI is InChI=1S/C18H43NO6Si2/c1-17(24-11-7-9-13-26(20-3)21-4)15-19-16-18(2)25-12-8-10-14-27(22-5)23-6/h17-19,26-27H,7-16H2,1-6H3. The van der Waals surface area contributed by atoms with E-state index in [1.807, 2.05) is 0 Å². The molecule has 7 nitrogen and oxygen atoms in total. The van der Waals surface area contributed by atoms with E-state index in [0.717, 1.165) is 64.1 Å². The molecule has 0 radical (unpaired) electrons. The molecule has 0 saturated carbocycles. The van der Waals surface area contributed by atoms with Crippen LogP contribution in [0.4, 0.5) is 0 Å². The minimum absolute atomic E-state index is 0.208. The normalized spacial score (nSPS) is 14.2. The lowest BCUT2D eigenvalue weighted by molar-refractivity contribution is 0.0470. The molecule has 0 aliphatic rings. The van der Waals surface area contributed by atoms with Gasteiger partial charge in [-0.1, -0.05) is 0 Å². The van der Waals surface area contributed by atoms with Crippen LogP contribution in [0.2, 0.25) is 12.1 Å². The summed E-state index contributed by atoms with van der Waals surface area (Å²) < 4.78 is 32.9. The average molecular weight is 426 g/mol. The third-order valence-corrected chi connectivity index (χ3v) is 8.25. The van der Waals surface area contributed by atoms with E-state index in [1.54, 1.807) is 28.4 Å². The van der Waals surface area contributed by atoms with Crippen LogP contribution < -0.4 is 5.32 Å². The maximum atomic E-state index is 5.84. The van der Waals surface area contributed by atoms with Crippen molar-refractivity contribution in [3.63, 3.8) is 0 Å². The smallest absolute Gasteiger partial charge is 0.320 e. The molecule has 0 aromatic rings. The Morgan fingerprint density at radius 2 is 1.00 bits per heavy atom. The molecule has 0 saturated heterocycles. The molecule has 164 valence electrons. The van der Waals surface area contributed by atoms with Crippen LogP contribution in [0.1, 0.15) is 39.5 Å². The number of nitrogens with one attached hydrogen (secondary N) is 1. The molecule has 0 aliphatic heterocycles. The second-order valence-corrected chi connectivity index (χ2v) is 11.6. The topological polar surface area (TPSA) is 67.4 Å². The summed E-state index contributed by atoms with van der Waals surface area (Å²) in [6.45, 7) is 7.47. The fraction of sp³-hybridized carbons (Fsp3) is 1.00. The van der Waals surface area contributed by atoms with Crippen LogP contribution in [0.25, 0.3) is 0 Å². The number of unbranched alkanes of at least 4 members (excludes halogenated alkanes) is 2. The van der Waals surface area contributed by atoms with Crippen molar-refractivity contribution in [2.45, 2.75) is 63.8 Å². The highest BCUT2D eigenvalue weighted by atomic mass is 28.3. The van der Waals surface area contributed by atoms with Crippen molar-refractivity contribution in [1.82, 2.24) is 5.32 Å². The highest BCUT2D eigenvalue weighted by Crippen LogP contribution is 2.05. The van der Waals surface area contributed by atoms with E-state index in [4.69, 9.17) is 27.2 Å². The van der Waals surface area contributed by atoms with Crippen molar-refractivity contribution >= 4 is 18.6 Å². The minimum Gasteiger partial charge on any atom is -0.400 e. The average Bonchev–Trinajstić information content (AvgIpc) is 2.67. The molecule has 0 bridgehead atoms. The fourth-order valence-corrected chi connectivity index (χ4v) is 5.24. The zero-order valence-electron chi connectivity index (χ0n) is 18.3. The van der Waals surface area contributed by atoms with E-state index in [0.29, 0.717) is 0 Å². The molecular formula is C18H43NO6Si2. The third-order valence-electron chi connectivity index (χ3n) is 4.39. The van der Waals surface area contributed by atoms with Crippen molar-refractivity contribution in [3.8, 4) is 0 Å². The Labute approximate surface area is 170 Å². The van der Waals surface area contributed by atoms with Gasteiger partial charge in [-0.25, -0.2) is 0 Å². The maximum absolute atomic E-state index is 5.84. The second-order valence-electron chi connectivity index (χ2n) is 6.81. The summed E-state index contributed by atoms with van der Waals surface area (Å²) in [5, 5.41) is 3.42.